The fraction of sp³-hybridized carbons (Fsp3) is 0.450. The van der Waals surface area contributed by atoms with Gasteiger partial charge in [-0.3, -0.25) is 23.7 Å². The molecule has 2 heterocycles. The molecule has 12 nitrogen and oxygen atoms in total. The molecule has 2 aromatic rings. The van der Waals surface area contributed by atoms with E-state index < -0.39 is 61.9 Å². The number of benzene rings is 1. The smallest absolute Gasteiger partial charge is 0.459 e. The lowest BCUT2D eigenvalue weighted by atomic mass is 10.2. The number of aliphatic hydroxyl groups is 1. The van der Waals surface area contributed by atoms with Crippen molar-refractivity contribution < 1.29 is 37.4 Å². The van der Waals surface area contributed by atoms with Gasteiger partial charge in [0.25, 0.3) is 5.56 Å². The monoisotopic (exact) mass is 501 g/mol. The first-order chi connectivity index (χ1) is 16.1. The predicted molar refractivity (Wildman–Crippen MR) is 116 cm³/mol. The van der Waals surface area contributed by atoms with E-state index in [1.165, 1.54) is 19.1 Å². The topological polar surface area (TPSA) is 158 Å². The summed E-state index contributed by atoms with van der Waals surface area (Å²) in [5.41, 5.74) is -2.10. The van der Waals surface area contributed by atoms with Crippen LogP contribution in [0.25, 0.3) is 0 Å². The summed E-state index contributed by atoms with van der Waals surface area (Å²) >= 11 is 0. The number of hydrogen-bond donors (Lipinski definition) is 3. The molecule has 0 amide bonds. The van der Waals surface area contributed by atoms with Gasteiger partial charge in [-0.25, -0.2) is 9.36 Å². The molecule has 1 aliphatic heterocycles. The van der Waals surface area contributed by atoms with Crippen molar-refractivity contribution in [1.82, 2.24) is 14.6 Å². The number of hydrogen-bond acceptors (Lipinski definition) is 9. The van der Waals surface area contributed by atoms with Crippen LogP contribution in [0.1, 0.15) is 26.5 Å². The Labute approximate surface area is 193 Å². The average molecular weight is 501 g/mol. The van der Waals surface area contributed by atoms with E-state index in [9.17, 15) is 28.4 Å². The number of nitrogens with zero attached hydrogens (tertiary/aromatic N) is 1. The van der Waals surface area contributed by atoms with Crippen molar-refractivity contribution in [3.8, 4) is 5.75 Å². The molecule has 34 heavy (non-hydrogen) atoms. The summed E-state index contributed by atoms with van der Waals surface area (Å²) in [5.74, 6) is -1.69. The van der Waals surface area contributed by atoms with Crippen LogP contribution in [0.3, 0.4) is 0 Å². The Balaban J connectivity index is 1.73. The molecule has 3 rings (SSSR count). The first kappa shape index (κ1) is 25.8. The SMILES string of the molecule is CCOC(=O)[C@H](C)NP(=O)(OC[C@H]1O[C@@H](n2cc(F)c(=O)[nH]c2=O)C[C@@H]1O)Oc1ccccc1. The van der Waals surface area contributed by atoms with Gasteiger partial charge in [-0.15, -0.1) is 0 Å². The molecule has 0 aliphatic carbocycles. The minimum Gasteiger partial charge on any atom is -0.465 e. The van der Waals surface area contributed by atoms with Gasteiger partial charge in [-0.2, -0.15) is 9.48 Å². The maximum Gasteiger partial charge on any atom is 0.459 e. The second-order valence-electron chi connectivity index (χ2n) is 7.38. The number of H-pyrrole nitrogens is 1. The molecule has 14 heteroatoms. The third-order valence-electron chi connectivity index (χ3n) is 4.81. The average Bonchev–Trinajstić information content (AvgIpc) is 3.16. The maximum atomic E-state index is 13.6. The van der Waals surface area contributed by atoms with Crippen molar-refractivity contribution in [3.63, 3.8) is 0 Å². The van der Waals surface area contributed by atoms with Gasteiger partial charge >= 0.3 is 19.4 Å². The molecule has 1 saturated heterocycles. The lowest BCUT2D eigenvalue weighted by Gasteiger charge is -2.24. The Hall–Kier alpha value is -2.83. The Morgan fingerprint density at radius 1 is 1.38 bits per heavy atom. The van der Waals surface area contributed by atoms with Gasteiger partial charge in [0.15, 0.2) is 0 Å². The van der Waals surface area contributed by atoms with Crippen molar-refractivity contribution in [3.05, 3.63) is 63.2 Å². The van der Waals surface area contributed by atoms with Crippen LogP contribution in [0.5, 0.6) is 5.75 Å². The van der Waals surface area contributed by atoms with Crippen LogP contribution in [0.2, 0.25) is 0 Å². The molecule has 1 aromatic heterocycles. The quantitative estimate of drug-likeness (QED) is 0.318. The second-order valence-corrected chi connectivity index (χ2v) is 9.07. The van der Waals surface area contributed by atoms with Crippen molar-refractivity contribution >= 4 is 13.7 Å². The molecule has 5 atom stereocenters. The van der Waals surface area contributed by atoms with E-state index in [0.29, 0.717) is 6.20 Å². The zero-order chi connectivity index (χ0) is 24.9. The number of ether oxygens (including phenoxy) is 2. The van der Waals surface area contributed by atoms with Crippen LogP contribution < -0.4 is 20.9 Å². The molecule has 1 aromatic carbocycles. The summed E-state index contributed by atoms with van der Waals surface area (Å²) < 4.78 is 49.2. The summed E-state index contributed by atoms with van der Waals surface area (Å²) in [5, 5.41) is 12.8. The maximum absolute atomic E-state index is 13.6. The van der Waals surface area contributed by atoms with Gasteiger partial charge in [0.1, 0.15) is 24.1 Å². The van der Waals surface area contributed by atoms with Crippen LogP contribution in [0.15, 0.2) is 46.1 Å². The van der Waals surface area contributed by atoms with E-state index >= 15 is 0 Å². The lowest BCUT2D eigenvalue weighted by molar-refractivity contribution is -0.144. The minimum absolute atomic E-state index is 0.115. The lowest BCUT2D eigenvalue weighted by Crippen LogP contribution is -2.36. The van der Waals surface area contributed by atoms with E-state index in [2.05, 4.69) is 5.09 Å². The molecule has 0 radical (unpaired) electrons. The number of carbonyl (C=O) groups excluding carboxylic acids is 1. The van der Waals surface area contributed by atoms with E-state index in [0.717, 1.165) is 4.57 Å². The third-order valence-corrected chi connectivity index (χ3v) is 6.45. The number of aliphatic hydroxyl groups excluding tert-OH is 1. The third kappa shape index (κ3) is 6.39. The normalized spacial score (nSPS) is 22.6. The van der Waals surface area contributed by atoms with E-state index in [4.69, 9.17) is 18.5 Å². The first-order valence-electron chi connectivity index (χ1n) is 10.4. The molecule has 0 saturated carbocycles. The van der Waals surface area contributed by atoms with Crippen molar-refractivity contribution in [2.75, 3.05) is 13.2 Å². The zero-order valence-corrected chi connectivity index (χ0v) is 19.3. The van der Waals surface area contributed by atoms with Crippen molar-refractivity contribution in [1.29, 1.82) is 0 Å². The van der Waals surface area contributed by atoms with Gasteiger partial charge in [0.2, 0.25) is 5.82 Å². The van der Waals surface area contributed by atoms with Gasteiger partial charge < -0.3 is 19.1 Å². The van der Waals surface area contributed by atoms with E-state index in [1.54, 1.807) is 30.1 Å². The number of para-hydroxylation sites is 1. The molecular formula is C20H25FN3O9P. The fourth-order valence-electron chi connectivity index (χ4n) is 3.15. The van der Waals surface area contributed by atoms with Crippen molar-refractivity contribution in [2.45, 2.75) is 44.7 Å². The largest absolute Gasteiger partial charge is 0.465 e. The number of nitrogens with one attached hydrogen (secondary N) is 2. The molecule has 3 N–H and O–H groups in total. The molecule has 1 fully saturated rings. The van der Waals surface area contributed by atoms with Crippen LogP contribution >= 0.6 is 7.75 Å². The number of carbonyl (C=O) groups is 1. The van der Waals surface area contributed by atoms with Crippen molar-refractivity contribution in [2.24, 2.45) is 0 Å². The Kier molecular flexibility index (Phi) is 8.39. The van der Waals surface area contributed by atoms with Crippen LogP contribution in [0, 0.1) is 5.82 Å². The van der Waals surface area contributed by atoms with Gasteiger partial charge in [-0.05, 0) is 26.0 Å². The Morgan fingerprint density at radius 3 is 2.76 bits per heavy atom. The molecular weight excluding hydrogens is 476 g/mol. The molecule has 186 valence electrons. The highest BCUT2D eigenvalue weighted by molar-refractivity contribution is 7.52. The van der Waals surface area contributed by atoms with Crippen LogP contribution in [0.4, 0.5) is 4.39 Å². The summed E-state index contributed by atoms with van der Waals surface area (Å²) in [6, 6.07) is 7.01. The number of esters is 1. The highest BCUT2D eigenvalue weighted by Crippen LogP contribution is 2.45. The van der Waals surface area contributed by atoms with Gasteiger partial charge in [-0.1, -0.05) is 18.2 Å². The second kappa shape index (κ2) is 11.1. The highest BCUT2D eigenvalue weighted by Gasteiger charge is 2.39. The summed E-state index contributed by atoms with van der Waals surface area (Å²) in [4.78, 5) is 37.0. The van der Waals surface area contributed by atoms with Gasteiger partial charge in [0.05, 0.1) is 25.5 Å². The Bertz CT molecular complexity index is 1160. The van der Waals surface area contributed by atoms with Gasteiger partial charge in [0, 0.05) is 6.42 Å². The number of rotatable bonds is 10. The number of aromatic nitrogens is 2. The summed E-state index contributed by atoms with van der Waals surface area (Å²) in [6.07, 6.45) is -2.83. The standard InChI is InChI=1S/C20H25FN3O9P/c1-3-30-19(27)12(2)23-34(29,33-13-7-5-4-6-8-13)31-11-16-15(25)9-17(32-16)24-10-14(21)18(26)22-20(24)28/h4-8,10,12,15-17,25H,3,9,11H2,1-2H3,(H,23,29)(H,22,26,28)/t12-,15-,16+,17+,34?/m0/s1. The molecule has 1 aliphatic rings. The number of aromatic amines is 1. The van der Waals surface area contributed by atoms with Crippen LogP contribution in [-0.4, -0.2) is 52.1 Å². The van der Waals surface area contributed by atoms with Crippen LogP contribution in [-0.2, 0) is 23.4 Å². The Morgan fingerprint density at radius 2 is 2.09 bits per heavy atom. The predicted octanol–water partition coefficient (Wildman–Crippen LogP) is 1.07. The molecule has 0 bridgehead atoms. The summed E-state index contributed by atoms with van der Waals surface area (Å²) in [6.45, 7) is 2.68. The first-order valence-corrected chi connectivity index (χ1v) is 11.9. The fourth-order valence-corrected chi connectivity index (χ4v) is 4.65. The van der Waals surface area contributed by atoms with E-state index in [-0.39, 0.29) is 18.8 Å². The zero-order valence-electron chi connectivity index (χ0n) is 18.4. The molecule has 0 spiro atoms. The highest BCUT2D eigenvalue weighted by atomic mass is 31.2. The van der Waals surface area contributed by atoms with E-state index in [1.807, 2.05) is 0 Å². The molecule has 1 unspecified atom stereocenters. The minimum atomic E-state index is -4.19. The number of halogens is 1. The summed E-state index contributed by atoms with van der Waals surface area (Å²) in [7, 11) is -4.19.